The van der Waals surface area contributed by atoms with Crippen LogP contribution in [0.1, 0.15) is 5.69 Å². The van der Waals surface area contributed by atoms with E-state index in [1.165, 1.54) is 0 Å². The van der Waals surface area contributed by atoms with E-state index >= 15 is 0 Å². The highest BCUT2D eigenvalue weighted by atomic mass is 35.5. The number of hydrogen-bond acceptors (Lipinski definition) is 4. The lowest BCUT2D eigenvalue weighted by atomic mass is 10.1. The highest BCUT2D eigenvalue weighted by molar-refractivity contribution is 5.98. The minimum atomic E-state index is -0.00122. The van der Waals surface area contributed by atoms with Gasteiger partial charge < -0.3 is 15.4 Å². The average Bonchev–Trinajstić information content (AvgIpc) is 2.47. The number of ether oxygens (including phenoxy) is 1. The van der Waals surface area contributed by atoms with Crippen molar-refractivity contribution < 1.29 is 4.74 Å². The van der Waals surface area contributed by atoms with E-state index in [1.807, 2.05) is 18.2 Å². The van der Waals surface area contributed by atoms with Crippen LogP contribution in [0, 0.1) is 5.41 Å². The van der Waals surface area contributed by atoms with Gasteiger partial charge in [0.2, 0.25) is 0 Å². The number of morpholine rings is 1. The molecule has 2 heterocycles. The molecule has 6 heteroatoms. The Morgan fingerprint density at radius 1 is 1.20 bits per heavy atom. The molecule has 0 aliphatic carbocycles. The molecule has 1 aromatic carbocycles. The van der Waals surface area contributed by atoms with Gasteiger partial charge in [0.25, 0.3) is 0 Å². The Kier molecular flexibility index (Phi) is 4.42. The first kappa shape index (κ1) is 14.6. The molecule has 0 unspecified atom stereocenters. The third-order valence-electron chi connectivity index (χ3n) is 3.33. The second kappa shape index (κ2) is 6.07. The van der Waals surface area contributed by atoms with Crippen molar-refractivity contribution in [2.75, 3.05) is 31.2 Å². The lowest BCUT2D eigenvalue weighted by molar-refractivity contribution is 0.123. The molecular weight excluding hydrogens is 276 g/mol. The lowest BCUT2D eigenvalue weighted by Crippen LogP contribution is -2.36. The van der Waals surface area contributed by atoms with Crippen molar-refractivity contribution in [3.63, 3.8) is 0 Å². The highest BCUT2D eigenvalue weighted by Crippen LogP contribution is 2.26. The Balaban J connectivity index is 0.00000147. The molecule has 3 N–H and O–H groups in total. The fourth-order valence-corrected chi connectivity index (χ4v) is 2.34. The van der Waals surface area contributed by atoms with E-state index in [4.69, 9.17) is 15.9 Å². The Labute approximate surface area is 123 Å². The molecule has 1 saturated heterocycles. The third-order valence-corrected chi connectivity index (χ3v) is 3.33. The number of aromatic nitrogens is 1. The number of nitrogens with zero attached hydrogens (tertiary/aromatic N) is 2. The Morgan fingerprint density at radius 2 is 1.95 bits per heavy atom. The molecule has 5 nitrogen and oxygen atoms in total. The Hall–Kier alpha value is -1.85. The molecule has 1 aromatic heterocycles. The summed E-state index contributed by atoms with van der Waals surface area (Å²) in [6.07, 6.45) is 0. The van der Waals surface area contributed by atoms with E-state index in [0.29, 0.717) is 5.69 Å². The van der Waals surface area contributed by atoms with Crippen molar-refractivity contribution >= 4 is 34.8 Å². The van der Waals surface area contributed by atoms with Crippen LogP contribution in [0.15, 0.2) is 30.3 Å². The van der Waals surface area contributed by atoms with E-state index < -0.39 is 0 Å². The Morgan fingerprint density at radius 3 is 2.65 bits per heavy atom. The van der Waals surface area contributed by atoms with Gasteiger partial charge in [0.1, 0.15) is 11.5 Å². The quantitative estimate of drug-likeness (QED) is 0.653. The maximum absolute atomic E-state index is 7.51. The van der Waals surface area contributed by atoms with Gasteiger partial charge in [-0.2, -0.15) is 0 Å². The number of nitrogen functional groups attached to an aromatic ring is 1. The predicted octanol–water partition coefficient (Wildman–Crippen LogP) is 1.78. The van der Waals surface area contributed by atoms with Gasteiger partial charge in [0.05, 0.1) is 24.4 Å². The van der Waals surface area contributed by atoms with E-state index in [1.54, 1.807) is 6.07 Å². The summed E-state index contributed by atoms with van der Waals surface area (Å²) in [5, 5.41) is 8.57. The van der Waals surface area contributed by atoms with Gasteiger partial charge >= 0.3 is 0 Å². The van der Waals surface area contributed by atoms with Crippen LogP contribution in [-0.4, -0.2) is 37.1 Å². The average molecular weight is 293 g/mol. The monoisotopic (exact) mass is 292 g/mol. The van der Waals surface area contributed by atoms with Crippen LogP contribution in [0.2, 0.25) is 0 Å². The maximum Gasteiger partial charge on any atom is 0.141 e. The number of fused-ring (bicyclic) bond motifs is 1. The second-order valence-corrected chi connectivity index (χ2v) is 4.56. The number of anilines is 1. The summed E-state index contributed by atoms with van der Waals surface area (Å²) >= 11 is 0. The summed E-state index contributed by atoms with van der Waals surface area (Å²) in [7, 11) is 0. The van der Waals surface area contributed by atoms with Crippen LogP contribution in [0.25, 0.3) is 10.9 Å². The van der Waals surface area contributed by atoms with Crippen LogP contribution >= 0.6 is 12.4 Å². The molecule has 2 aromatic rings. The van der Waals surface area contributed by atoms with E-state index in [9.17, 15) is 0 Å². The van der Waals surface area contributed by atoms with Crippen molar-refractivity contribution in [3.8, 4) is 0 Å². The minimum Gasteiger partial charge on any atom is -0.382 e. The first-order valence-electron chi connectivity index (χ1n) is 6.32. The molecule has 106 valence electrons. The van der Waals surface area contributed by atoms with Crippen molar-refractivity contribution in [1.29, 1.82) is 5.41 Å². The number of pyridine rings is 1. The number of nitrogens with two attached hydrogens (primary N) is 1. The number of amidine groups is 1. The summed E-state index contributed by atoms with van der Waals surface area (Å²) in [6.45, 7) is 3.21. The zero-order valence-electron chi connectivity index (χ0n) is 11.0. The van der Waals surface area contributed by atoms with E-state index in [-0.39, 0.29) is 18.2 Å². The molecule has 0 amide bonds. The maximum atomic E-state index is 7.51. The minimum absolute atomic E-state index is 0. The van der Waals surface area contributed by atoms with Crippen molar-refractivity contribution in [2.45, 2.75) is 0 Å². The molecule has 0 radical (unpaired) electrons. The van der Waals surface area contributed by atoms with Gasteiger partial charge in [0.15, 0.2) is 0 Å². The molecule has 1 fully saturated rings. The van der Waals surface area contributed by atoms with E-state index in [0.717, 1.165) is 42.9 Å². The number of hydrogen-bond donors (Lipinski definition) is 2. The molecule has 0 atom stereocenters. The first-order chi connectivity index (χ1) is 9.25. The van der Waals surface area contributed by atoms with Gasteiger partial charge in [-0.15, -0.1) is 12.4 Å². The summed E-state index contributed by atoms with van der Waals surface area (Å²) in [5.41, 5.74) is 8.03. The molecule has 0 saturated carbocycles. The van der Waals surface area contributed by atoms with E-state index in [2.05, 4.69) is 16.0 Å². The smallest absolute Gasteiger partial charge is 0.141 e. The van der Waals surface area contributed by atoms with Gasteiger partial charge in [-0.05, 0) is 12.1 Å². The van der Waals surface area contributed by atoms with Gasteiger partial charge in [-0.25, -0.2) is 4.98 Å². The largest absolute Gasteiger partial charge is 0.382 e. The zero-order chi connectivity index (χ0) is 13.2. The third kappa shape index (κ3) is 2.69. The van der Waals surface area contributed by atoms with Gasteiger partial charge in [0, 0.05) is 18.5 Å². The van der Waals surface area contributed by atoms with Crippen LogP contribution in [-0.2, 0) is 4.74 Å². The fourth-order valence-electron chi connectivity index (χ4n) is 2.34. The molecule has 0 spiro atoms. The molecule has 1 aliphatic heterocycles. The molecule has 3 rings (SSSR count). The van der Waals surface area contributed by atoms with Crippen LogP contribution < -0.4 is 10.6 Å². The molecule has 0 bridgehead atoms. The fraction of sp³-hybridized carbons (Fsp3) is 0.286. The van der Waals surface area contributed by atoms with Crippen LogP contribution in [0.5, 0.6) is 0 Å². The van der Waals surface area contributed by atoms with Crippen molar-refractivity contribution in [1.82, 2.24) is 4.98 Å². The highest BCUT2D eigenvalue weighted by Gasteiger charge is 2.15. The number of nitrogens with one attached hydrogen (secondary N) is 1. The zero-order valence-corrected chi connectivity index (χ0v) is 11.8. The topological polar surface area (TPSA) is 75.2 Å². The summed E-state index contributed by atoms with van der Waals surface area (Å²) < 4.78 is 5.38. The summed E-state index contributed by atoms with van der Waals surface area (Å²) in [5.74, 6) is -0.00122. The number of halogens is 1. The normalized spacial score (nSPS) is 14.9. The number of benzene rings is 1. The Bertz CT molecular complexity index is 626. The standard InChI is InChI=1S/C14H16N4O.ClH/c15-14(16)11-5-4-10-2-1-3-12(13(10)17-11)18-6-8-19-9-7-18;/h1-5H,6-9H2,(H3,15,16);1H. The van der Waals surface area contributed by atoms with Crippen molar-refractivity contribution in [2.24, 2.45) is 5.73 Å². The second-order valence-electron chi connectivity index (χ2n) is 4.56. The van der Waals surface area contributed by atoms with Crippen LogP contribution in [0.3, 0.4) is 0 Å². The SMILES string of the molecule is Cl.N=C(N)c1ccc2cccc(N3CCOCC3)c2n1. The number of rotatable bonds is 2. The van der Waals surface area contributed by atoms with Crippen molar-refractivity contribution in [3.05, 3.63) is 36.0 Å². The number of para-hydroxylation sites is 1. The summed E-state index contributed by atoms with van der Waals surface area (Å²) in [4.78, 5) is 6.78. The molecular formula is C14H17ClN4O. The molecule has 1 aliphatic rings. The molecule has 20 heavy (non-hydrogen) atoms. The first-order valence-corrected chi connectivity index (χ1v) is 6.32. The summed E-state index contributed by atoms with van der Waals surface area (Å²) in [6, 6.07) is 9.86. The van der Waals surface area contributed by atoms with Crippen LogP contribution in [0.4, 0.5) is 5.69 Å². The lowest BCUT2D eigenvalue weighted by Gasteiger charge is -2.29. The van der Waals surface area contributed by atoms with Gasteiger partial charge in [-0.1, -0.05) is 18.2 Å². The van der Waals surface area contributed by atoms with Gasteiger partial charge in [-0.3, -0.25) is 5.41 Å². The predicted molar refractivity (Wildman–Crippen MR) is 83.0 cm³/mol.